The predicted octanol–water partition coefficient (Wildman–Crippen LogP) is 4.68. The standard InChI is InChI=1S/C16H15F3N4O2.C11H7F4N3O2/c17-16(18,19)14-12(15(24)25)8-23(21-14)5-9-1-2-13(20-4-9)22-6-10-3-11(10)7-22;12-8-2-1-6(3-16-8)4-18-5-7(10(19)20)9(17-18)11(13,14)15/h1-2,4,8,10-11H,3,5-7H2,(H,24,25);1-3,5H,4H2,(H,19,20). The number of nitrogens with zero attached hydrogens (tertiary/aromatic N) is 7. The number of piperidine rings is 1. The van der Waals surface area contributed by atoms with Gasteiger partial charge in [-0.3, -0.25) is 9.36 Å². The van der Waals surface area contributed by atoms with Crippen molar-refractivity contribution in [2.24, 2.45) is 11.8 Å². The molecule has 238 valence electrons. The summed E-state index contributed by atoms with van der Waals surface area (Å²) < 4.78 is 90.8. The summed E-state index contributed by atoms with van der Waals surface area (Å²) in [6.45, 7) is 1.89. The summed E-state index contributed by atoms with van der Waals surface area (Å²) in [7, 11) is 0. The summed E-state index contributed by atoms with van der Waals surface area (Å²) in [5.41, 5.74) is -3.61. The summed E-state index contributed by atoms with van der Waals surface area (Å²) in [5.74, 6) is -1.68. The molecule has 45 heavy (non-hydrogen) atoms. The van der Waals surface area contributed by atoms with Gasteiger partial charge in [-0.05, 0) is 41.5 Å². The fourth-order valence-corrected chi connectivity index (χ4v) is 4.89. The Bertz CT molecular complexity index is 1690. The Morgan fingerprint density at radius 2 is 1.22 bits per heavy atom. The van der Waals surface area contributed by atoms with Crippen LogP contribution in [0.3, 0.4) is 0 Å². The number of hydrogen-bond acceptors (Lipinski definition) is 7. The van der Waals surface area contributed by atoms with E-state index < -0.39 is 52.8 Å². The van der Waals surface area contributed by atoms with Crippen LogP contribution >= 0.6 is 0 Å². The monoisotopic (exact) mass is 641 g/mol. The van der Waals surface area contributed by atoms with E-state index in [2.05, 4.69) is 25.1 Å². The molecule has 1 saturated carbocycles. The minimum absolute atomic E-state index is 0.0227. The quantitative estimate of drug-likeness (QED) is 0.218. The van der Waals surface area contributed by atoms with Crippen LogP contribution in [-0.2, 0) is 25.4 Å². The van der Waals surface area contributed by atoms with Gasteiger partial charge in [0, 0.05) is 37.9 Å². The van der Waals surface area contributed by atoms with Crippen molar-refractivity contribution < 1.29 is 50.5 Å². The lowest BCUT2D eigenvalue weighted by molar-refractivity contribution is -0.142. The largest absolute Gasteiger partial charge is 0.478 e. The third-order valence-electron chi connectivity index (χ3n) is 7.11. The molecule has 11 nitrogen and oxygen atoms in total. The average Bonchev–Trinajstić information content (AvgIpc) is 3.31. The Morgan fingerprint density at radius 1 is 0.756 bits per heavy atom. The molecule has 0 amide bonds. The number of carboxylic acids is 2. The molecule has 0 bridgehead atoms. The fraction of sp³-hybridized carbons (Fsp3) is 0.333. The number of rotatable bonds is 7. The zero-order valence-corrected chi connectivity index (χ0v) is 22.8. The minimum Gasteiger partial charge on any atom is -0.478 e. The van der Waals surface area contributed by atoms with Crippen LogP contribution in [0.15, 0.2) is 49.1 Å². The third kappa shape index (κ3) is 7.38. The molecular weight excluding hydrogens is 619 g/mol. The molecule has 1 saturated heterocycles. The topological polar surface area (TPSA) is 139 Å². The number of halogens is 7. The Hall–Kier alpha value is -5.03. The Balaban J connectivity index is 0.000000183. The van der Waals surface area contributed by atoms with Crippen molar-refractivity contribution in [2.75, 3.05) is 18.0 Å². The Kier molecular flexibility index (Phi) is 8.24. The zero-order valence-electron chi connectivity index (χ0n) is 22.8. The number of fused-ring (bicyclic) bond motifs is 1. The molecular formula is C27H22F7N7O4. The van der Waals surface area contributed by atoms with E-state index >= 15 is 0 Å². The van der Waals surface area contributed by atoms with E-state index in [4.69, 9.17) is 10.2 Å². The highest BCUT2D eigenvalue weighted by molar-refractivity contribution is 5.89. The molecule has 6 rings (SSSR count). The Morgan fingerprint density at radius 3 is 1.58 bits per heavy atom. The number of carboxylic acid groups (broad SMARTS) is 2. The summed E-state index contributed by atoms with van der Waals surface area (Å²) in [5, 5.41) is 24.2. The van der Waals surface area contributed by atoms with E-state index in [0.717, 1.165) is 64.8 Å². The van der Waals surface area contributed by atoms with Crippen molar-refractivity contribution in [1.29, 1.82) is 0 Å². The molecule has 4 aromatic rings. The summed E-state index contributed by atoms with van der Waals surface area (Å²) in [6, 6.07) is 5.98. The molecule has 4 aromatic heterocycles. The van der Waals surface area contributed by atoms with Crippen molar-refractivity contribution >= 4 is 17.8 Å². The van der Waals surface area contributed by atoms with Gasteiger partial charge in [0.25, 0.3) is 0 Å². The molecule has 5 heterocycles. The molecule has 2 unspecified atom stereocenters. The number of aromatic nitrogens is 6. The molecule has 0 spiro atoms. The maximum absolute atomic E-state index is 12.9. The molecule has 1 aliphatic heterocycles. The van der Waals surface area contributed by atoms with Crippen LogP contribution in [0.2, 0.25) is 0 Å². The van der Waals surface area contributed by atoms with Crippen molar-refractivity contribution in [1.82, 2.24) is 29.5 Å². The second-order valence-electron chi connectivity index (χ2n) is 10.5. The van der Waals surface area contributed by atoms with E-state index in [0.29, 0.717) is 11.1 Å². The van der Waals surface area contributed by atoms with Crippen LogP contribution in [0.5, 0.6) is 0 Å². The van der Waals surface area contributed by atoms with Crippen LogP contribution in [0, 0.1) is 17.8 Å². The first-order valence-corrected chi connectivity index (χ1v) is 13.1. The van der Waals surface area contributed by atoms with Crippen LogP contribution in [0.25, 0.3) is 0 Å². The number of pyridine rings is 2. The lowest BCUT2D eigenvalue weighted by Gasteiger charge is -2.18. The van der Waals surface area contributed by atoms with Gasteiger partial charge in [0.1, 0.15) is 16.9 Å². The second kappa shape index (κ2) is 11.8. The van der Waals surface area contributed by atoms with Gasteiger partial charge >= 0.3 is 24.3 Å². The van der Waals surface area contributed by atoms with Crippen molar-refractivity contribution in [3.05, 3.63) is 88.6 Å². The van der Waals surface area contributed by atoms with Crippen molar-refractivity contribution in [3.8, 4) is 0 Å². The van der Waals surface area contributed by atoms with Crippen molar-refractivity contribution in [3.63, 3.8) is 0 Å². The van der Waals surface area contributed by atoms with Crippen LogP contribution in [0.1, 0.15) is 49.7 Å². The summed E-state index contributed by atoms with van der Waals surface area (Å²) in [6.07, 6.45) is -3.99. The summed E-state index contributed by atoms with van der Waals surface area (Å²) >= 11 is 0. The first-order chi connectivity index (χ1) is 21.1. The average molecular weight is 642 g/mol. The lowest BCUT2D eigenvalue weighted by Crippen LogP contribution is -2.22. The predicted molar refractivity (Wildman–Crippen MR) is 139 cm³/mol. The molecule has 2 N–H and O–H groups in total. The van der Waals surface area contributed by atoms with Crippen LogP contribution < -0.4 is 4.90 Å². The smallest absolute Gasteiger partial charge is 0.436 e. The molecule has 18 heteroatoms. The van der Waals surface area contributed by atoms with Gasteiger partial charge in [-0.15, -0.1) is 0 Å². The van der Waals surface area contributed by atoms with Gasteiger partial charge in [0.05, 0.1) is 13.1 Å². The van der Waals surface area contributed by atoms with E-state index in [9.17, 15) is 40.3 Å². The maximum atomic E-state index is 12.9. The molecule has 2 fully saturated rings. The fourth-order valence-electron chi connectivity index (χ4n) is 4.89. The van der Waals surface area contributed by atoms with E-state index in [1.54, 1.807) is 12.3 Å². The van der Waals surface area contributed by atoms with Gasteiger partial charge in [0.15, 0.2) is 11.4 Å². The molecule has 1 aliphatic carbocycles. The van der Waals surface area contributed by atoms with Gasteiger partial charge < -0.3 is 15.1 Å². The highest BCUT2D eigenvalue weighted by atomic mass is 19.4. The van der Waals surface area contributed by atoms with Crippen molar-refractivity contribution in [2.45, 2.75) is 31.9 Å². The zero-order chi connectivity index (χ0) is 32.7. The summed E-state index contributed by atoms with van der Waals surface area (Å²) in [4.78, 5) is 31.7. The molecule has 2 atom stereocenters. The van der Waals surface area contributed by atoms with Gasteiger partial charge in [-0.25, -0.2) is 19.6 Å². The maximum Gasteiger partial charge on any atom is 0.436 e. The molecule has 0 radical (unpaired) electrons. The Labute approximate surface area is 248 Å². The number of aromatic carboxylic acids is 2. The van der Waals surface area contributed by atoms with Crippen LogP contribution in [-0.4, -0.2) is 64.8 Å². The third-order valence-corrected chi connectivity index (χ3v) is 7.11. The van der Waals surface area contributed by atoms with Gasteiger partial charge in [-0.2, -0.15) is 40.9 Å². The van der Waals surface area contributed by atoms with E-state index in [-0.39, 0.29) is 13.1 Å². The normalized spacial score (nSPS) is 17.4. The number of anilines is 1. The van der Waals surface area contributed by atoms with Crippen LogP contribution in [0.4, 0.5) is 36.6 Å². The first kappa shape index (κ1) is 31.4. The molecule has 0 aromatic carbocycles. The minimum atomic E-state index is -4.86. The number of hydrogen-bond donors (Lipinski definition) is 2. The first-order valence-electron chi connectivity index (χ1n) is 13.1. The highest BCUT2D eigenvalue weighted by Crippen LogP contribution is 2.45. The van der Waals surface area contributed by atoms with E-state index in [1.807, 2.05) is 6.07 Å². The second-order valence-corrected chi connectivity index (χ2v) is 10.5. The highest BCUT2D eigenvalue weighted by Gasteiger charge is 2.45. The molecule has 2 aliphatic rings. The number of alkyl halides is 6. The van der Waals surface area contributed by atoms with E-state index in [1.165, 1.54) is 12.5 Å². The number of carbonyl (C=O) groups is 2. The lowest BCUT2D eigenvalue weighted by atomic mass is 10.2. The van der Waals surface area contributed by atoms with Gasteiger partial charge in [0.2, 0.25) is 5.95 Å². The SMILES string of the molecule is O=C(O)c1cn(Cc2ccc(F)nc2)nc1C(F)(F)F.O=C(O)c1cn(Cc2ccc(N3CC4CC4C3)nc2)nc1C(F)(F)F. The van der Waals surface area contributed by atoms with Gasteiger partial charge in [-0.1, -0.05) is 12.1 Å².